The van der Waals surface area contributed by atoms with Gasteiger partial charge in [-0.05, 0) is 12.1 Å². The summed E-state index contributed by atoms with van der Waals surface area (Å²) in [6, 6.07) is 7.98. The molecule has 0 aliphatic rings. The zero-order valence-corrected chi connectivity index (χ0v) is 24.8. The second-order valence-corrected chi connectivity index (χ2v) is 9.78. The van der Waals surface area contributed by atoms with E-state index >= 15 is 0 Å². The number of hydrogen-bond donors (Lipinski definition) is 0. The molecular formula is C26H45ClO12S. The SMILES string of the molecule is O=S(=O)(OCCOCCOCCOCCOCCOCCOCCOCCOCCOCCCl)c1ccccc1. The average molecular weight is 617 g/mol. The van der Waals surface area contributed by atoms with E-state index in [0.717, 1.165) is 0 Å². The van der Waals surface area contributed by atoms with Crippen molar-refractivity contribution < 1.29 is 55.2 Å². The van der Waals surface area contributed by atoms with Crippen LogP contribution in [0.15, 0.2) is 35.2 Å². The van der Waals surface area contributed by atoms with E-state index in [0.29, 0.717) is 118 Å². The largest absolute Gasteiger partial charge is 0.378 e. The van der Waals surface area contributed by atoms with E-state index in [4.69, 9.17) is 58.4 Å². The van der Waals surface area contributed by atoms with Crippen molar-refractivity contribution in [3.05, 3.63) is 30.3 Å². The van der Waals surface area contributed by atoms with E-state index in [2.05, 4.69) is 0 Å². The first-order valence-electron chi connectivity index (χ1n) is 13.4. The molecule has 234 valence electrons. The Kier molecular flexibility index (Phi) is 26.1. The van der Waals surface area contributed by atoms with Crippen LogP contribution in [0.3, 0.4) is 0 Å². The lowest BCUT2D eigenvalue weighted by Crippen LogP contribution is -2.15. The minimum atomic E-state index is -3.75. The van der Waals surface area contributed by atoms with Gasteiger partial charge in [0.25, 0.3) is 10.1 Å². The predicted molar refractivity (Wildman–Crippen MR) is 148 cm³/mol. The summed E-state index contributed by atoms with van der Waals surface area (Å²) in [6.45, 7) is 8.21. The van der Waals surface area contributed by atoms with Gasteiger partial charge in [-0.2, -0.15) is 8.42 Å². The van der Waals surface area contributed by atoms with Gasteiger partial charge in [0.15, 0.2) is 0 Å². The highest BCUT2D eigenvalue weighted by Gasteiger charge is 2.13. The Bertz CT molecular complexity index is 757. The lowest BCUT2D eigenvalue weighted by atomic mass is 10.4. The molecule has 0 unspecified atom stereocenters. The van der Waals surface area contributed by atoms with E-state index in [1.807, 2.05) is 0 Å². The summed E-state index contributed by atoms with van der Waals surface area (Å²) >= 11 is 5.50. The molecule has 0 radical (unpaired) electrons. The molecule has 1 aromatic rings. The molecule has 0 saturated carbocycles. The van der Waals surface area contributed by atoms with Crippen molar-refractivity contribution in [3.63, 3.8) is 0 Å². The monoisotopic (exact) mass is 616 g/mol. The van der Waals surface area contributed by atoms with E-state index in [1.54, 1.807) is 18.2 Å². The Hall–Kier alpha value is -0.940. The molecule has 0 aliphatic carbocycles. The van der Waals surface area contributed by atoms with Crippen molar-refractivity contribution in [1.29, 1.82) is 0 Å². The molecule has 40 heavy (non-hydrogen) atoms. The van der Waals surface area contributed by atoms with E-state index in [-0.39, 0.29) is 18.1 Å². The molecule has 0 saturated heterocycles. The van der Waals surface area contributed by atoms with E-state index < -0.39 is 10.1 Å². The molecule has 0 spiro atoms. The first-order valence-corrected chi connectivity index (χ1v) is 15.3. The van der Waals surface area contributed by atoms with Crippen LogP contribution in [0, 0.1) is 0 Å². The number of benzene rings is 1. The average Bonchev–Trinajstić information content (AvgIpc) is 2.97. The highest BCUT2D eigenvalue weighted by atomic mass is 35.5. The van der Waals surface area contributed by atoms with Gasteiger partial charge in [0.1, 0.15) is 0 Å². The predicted octanol–water partition coefficient (Wildman–Crippen LogP) is 1.78. The van der Waals surface area contributed by atoms with Crippen LogP contribution in [-0.4, -0.2) is 140 Å². The van der Waals surface area contributed by atoms with Gasteiger partial charge < -0.3 is 42.6 Å². The third-order valence-corrected chi connectivity index (χ3v) is 6.18. The topological polar surface area (TPSA) is 126 Å². The van der Waals surface area contributed by atoms with Crippen LogP contribution >= 0.6 is 11.6 Å². The minimum absolute atomic E-state index is 0.0562. The number of rotatable bonds is 31. The molecule has 0 aromatic heterocycles. The number of hydrogen-bond acceptors (Lipinski definition) is 12. The molecule has 0 amide bonds. The molecule has 14 heteroatoms. The second-order valence-electron chi connectivity index (χ2n) is 7.79. The summed E-state index contributed by atoms with van der Waals surface area (Å²) in [4.78, 5) is 0.121. The highest BCUT2D eigenvalue weighted by Crippen LogP contribution is 2.10. The molecular weight excluding hydrogens is 572 g/mol. The zero-order chi connectivity index (χ0) is 28.8. The van der Waals surface area contributed by atoms with Crippen LogP contribution in [0.25, 0.3) is 0 Å². The maximum atomic E-state index is 11.9. The van der Waals surface area contributed by atoms with Gasteiger partial charge in [-0.3, -0.25) is 4.18 Å². The first-order chi connectivity index (χ1) is 19.7. The summed E-state index contributed by atoms with van der Waals surface area (Å²) in [5.41, 5.74) is 0. The van der Waals surface area contributed by atoms with E-state index in [9.17, 15) is 8.42 Å². The summed E-state index contributed by atoms with van der Waals surface area (Å²) in [7, 11) is -3.75. The van der Waals surface area contributed by atoms with Crippen LogP contribution in [0.4, 0.5) is 0 Å². The van der Waals surface area contributed by atoms with Crippen molar-refractivity contribution >= 4 is 21.7 Å². The number of alkyl halides is 1. The lowest BCUT2D eigenvalue weighted by molar-refractivity contribution is -0.0251. The Morgan fingerprint density at radius 2 is 0.700 bits per heavy atom. The van der Waals surface area contributed by atoms with Crippen molar-refractivity contribution in [2.45, 2.75) is 4.90 Å². The molecule has 0 N–H and O–H groups in total. The fraction of sp³-hybridized carbons (Fsp3) is 0.769. The van der Waals surface area contributed by atoms with Crippen LogP contribution < -0.4 is 0 Å². The molecule has 0 fully saturated rings. The van der Waals surface area contributed by atoms with Crippen LogP contribution in [0.2, 0.25) is 0 Å². The Labute approximate surface area is 243 Å². The van der Waals surface area contributed by atoms with Gasteiger partial charge in [-0.1, -0.05) is 18.2 Å². The summed E-state index contributed by atoms with van der Waals surface area (Å²) < 4.78 is 77.2. The zero-order valence-electron chi connectivity index (χ0n) is 23.2. The Morgan fingerprint density at radius 3 is 1.00 bits per heavy atom. The summed E-state index contributed by atoms with van der Waals surface area (Å²) in [6.07, 6.45) is 0. The third kappa shape index (κ3) is 23.7. The maximum Gasteiger partial charge on any atom is 0.297 e. The van der Waals surface area contributed by atoms with Crippen LogP contribution in [0.5, 0.6) is 0 Å². The molecule has 0 bridgehead atoms. The second kappa shape index (κ2) is 28.2. The van der Waals surface area contributed by atoms with Gasteiger partial charge in [0.2, 0.25) is 0 Å². The Balaban J connectivity index is 1.69. The normalized spacial score (nSPS) is 11.8. The summed E-state index contributed by atoms with van der Waals surface area (Å²) in [5, 5.41) is 0. The summed E-state index contributed by atoms with van der Waals surface area (Å²) in [5.74, 6) is 0.490. The van der Waals surface area contributed by atoms with Crippen molar-refractivity contribution in [3.8, 4) is 0 Å². The first kappa shape index (κ1) is 37.1. The van der Waals surface area contributed by atoms with Crippen LogP contribution in [-0.2, 0) is 56.9 Å². The third-order valence-electron chi connectivity index (χ3n) is 4.70. The fourth-order valence-corrected chi connectivity index (χ4v) is 3.80. The van der Waals surface area contributed by atoms with Crippen molar-refractivity contribution in [2.75, 3.05) is 131 Å². The fourth-order valence-electron chi connectivity index (χ4n) is 2.77. The molecule has 12 nitrogen and oxygen atoms in total. The van der Waals surface area contributed by atoms with Gasteiger partial charge >= 0.3 is 0 Å². The van der Waals surface area contributed by atoms with E-state index in [1.165, 1.54) is 12.1 Å². The number of ether oxygens (including phenoxy) is 9. The van der Waals surface area contributed by atoms with Gasteiger partial charge in [-0.15, -0.1) is 11.6 Å². The van der Waals surface area contributed by atoms with Crippen molar-refractivity contribution in [2.24, 2.45) is 0 Å². The molecule has 0 aliphatic heterocycles. The lowest BCUT2D eigenvalue weighted by Gasteiger charge is -2.09. The molecule has 1 rings (SSSR count). The standard InChI is InChI=1S/C26H45ClO12S/c27-6-7-30-8-9-31-10-11-32-12-13-33-14-15-34-16-17-35-18-19-36-20-21-37-22-23-38-24-25-39-40(28,29)26-4-2-1-3-5-26/h1-5H,6-25H2. The van der Waals surface area contributed by atoms with Gasteiger partial charge in [-0.25, -0.2) is 0 Å². The number of halogens is 1. The molecule has 1 aromatic carbocycles. The quantitative estimate of drug-likeness (QED) is 0.0685. The van der Waals surface area contributed by atoms with Gasteiger partial charge in [0.05, 0.1) is 130 Å². The van der Waals surface area contributed by atoms with Crippen LogP contribution in [0.1, 0.15) is 0 Å². The van der Waals surface area contributed by atoms with Gasteiger partial charge in [0, 0.05) is 5.88 Å². The molecule has 0 atom stereocenters. The maximum absolute atomic E-state index is 11.9. The minimum Gasteiger partial charge on any atom is -0.378 e. The van der Waals surface area contributed by atoms with Crippen molar-refractivity contribution in [1.82, 2.24) is 0 Å². The molecule has 0 heterocycles. The smallest absolute Gasteiger partial charge is 0.297 e. The highest BCUT2D eigenvalue weighted by molar-refractivity contribution is 7.86. The Morgan fingerprint density at radius 1 is 0.425 bits per heavy atom.